The van der Waals surface area contributed by atoms with Gasteiger partial charge in [-0.3, -0.25) is 19.0 Å². The van der Waals surface area contributed by atoms with Crippen LogP contribution in [0.5, 0.6) is 5.75 Å². The standard InChI is InChI=1S/C41H42F3N9O4/c1-2-9-34-47-39(52-25-8-12-33(52)37(56)41(42,43)44)36(40(57)46-23-7-3-4-13-35(55)45-24-22-27-16-20-30(54)21-17-27)53(34)26-28-14-18-29(19-15-28)31-10-5-6-11-32(31)38-48-50-51-49-38/h5-6,8,10-12,14-21,25,54H,2-4,7,9,13,22-24,26H2,1H3,(H,45,55)(H,46,57)(H,48,49,50,51). The van der Waals surface area contributed by atoms with Crippen molar-refractivity contribution >= 4 is 17.6 Å². The molecule has 6 aromatic rings. The highest BCUT2D eigenvalue weighted by Gasteiger charge is 2.41. The average molecular weight is 782 g/mol. The fraction of sp³-hybridized carbons (Fsp3) is 0.293. The van der Waals surface area contributed by atoms with E-state index in [0.717, 1.165) is 38.5 Å². The van der Waals surface area contributed by atoms with Crippen molar-refractivity contribution in [3.63, 3.8) is 0 Å². The molecule has 3 aromatic carbocycles. The van der Waals surface area contributed by atoms with E-state index in [0.29, 0.717) is 63.1 Å². The van der Waals surface area contributed by atoms with Gasteiger partial charge in [-0.25, -0.2) is 4.98 Å². The molecule has 0 aliphatic rings. The molecule has 0 atom stereocenters. The number of aryl methyl sites for hydroxylation is 1. The minimum absolute atomic E-state index is 0.0189. The van der Waals surface area contributed by atoms with Gasteiger partial charge in [-0.2, -0.15) is 18.4 Å². The van der Waals surface area contributed by atoms with Gasteiger partial charge in [-0.1, -0.05) is 74.0 Å². The van der Waals surface area contributed by atoms with Gasteiger partial charge in [0.2, 0.25) is 11.7 Å². The molecule has 0 fully saturated rings. The Morgan fingerprint density at radius 1 is 0.825 bits per heavy atom. The highest BCUT2D eigenvalue weighted by molar-refractivity contribution is 6.01. The number of halogens is 3. The number of unbranched alkanes of at least 4 members (excludes halogenated alkanes) is 2. The summed E-state index contributed by atoms with van der Waals surface area (Å²) >= 11 is 0. The number of aromatic hydroxyl groups is 1. The number of ketones is 1. The van der Waals surface area contributed by atoms with Crippen molar-refractivity contribution in [1.82, 2.24) is 45.4 Å². The zero-order chi connectivity index (χ0) is 40.4. The normalized spacial score (nSPS) is 11.4. The van der Waals surface area contributed by atoms with Crippen LogP contribution in [0.4, 0.5) is 13.2 Å². The molecule has 4 N–H and O–H groups in total. The van der Waals surface area contributed by atoms with Crippen molar-refractivity contribution < 1.29 is 32.7 Å². The van der Waals surface area contributed by atoms with Crippen molar-refractivity contribution in [2.75, 3.05) is 13.1 Å². The van der Waals surface area contributed by atoms with E-state index in [4.69, 9.17) is 0 Å². The molecule has 3 aromatic heterocycles. The minimum atomic E-state index is -5.14. The number of nitrogens with zero attached hydrogens (tertiary/aromatic N) is 6. The molecule has 16 heteroatoms. The molecule has 0 radical (unpaired) electrons. The number of phenols is 1. The van der Waals surface area contributed by atoms with E-state index in [9.17, 15) is 32.7 Å². The topological polar surface area (TPSA) is 173 Å². The fourth-order valence-corrected chi connectivity index (χ4v) is 6.51. The predicted octanol–water partition coefficient (Wildman–Crippen LogP) is 6.62. The van der Waals surface area contributed by atoms with Crippen molar-refractivity contribution in [3.8, 4) is 34.1 Å². The first-order valence-electron chi connectivity index (χ1n) is 18.7. The molecular formula is C41H42F3N9O4. The number of benzene rings is 3. The SMILES string of the molecule is CCCc1nc(-n2cccc2C(=O)C(F)(F)F)c(C(=O)NCCCCCC(=O)NCCc2ccc(O)cc2)n1Cc1ccc(-c2ccccc2-c2nn[nH]n2)cc1. The van der Waals surface area contributed by atoms with E-state index in [-0.39, 0.29) is 36.3 Å². The molecule has 296 valence electrons. The van der Waals surface area contributed by atoms with Crippen LogP contribution in [-0.2, 0) is 24.2 Å². The molecule has 3 heterocycles. The van der Waals surface area contributed by atoms with Crippen molar-refractivity contribution in [1.29, 1.82) is 0 Å². The smallest absolute Gasteiger partial charge is 0.456 e. The molecule has 2 amide bonds. The van der Waals surface area contributed by atoms with Crippen LogP contribution in [0, 0.1) is 0 Å². The number of H-pyrrole nitrogens is 1. The quantitative estimate of drug-likeness (QED) is 0.0557. The number of alkyl halides is 3. The number of nitrogens with one attached hydrogen (secondary N) is 3. The molecule has 0 aliphatic carbocycles. The predicted molar refractivity (Wildman–Crippen MR) is 206 cm³/mol. The average Bonchev–Trinajstić information content (AvgIpc) is 3.98. The molecule has 0 spiro atoms. The highest BCUT2D eigenvalue weighted by atomic mass is 19.4. The summed E-state index contributed by atoms with van der Waals surface area (Å²) in [7, 11) is 0. The Labute approximate surface area is 326 Å². The van der Waals surface area contributed by atoms with Gasteiger partial charge < -0.3 is 20.3 Å². The number of carbonyl (C=O) groups is 3. The van der Waals surface area contributed by atoms with Crippen LogP contribution in [0.15, 0.2) is 91.1 Å². The van der Waals surface area contributed by atoms with Crippen LogP contribution in [0.3, 0.4) is 0 Å². The number of amides is 2. The molecule has 57 heavy (non-hydrogen) atoms. The minimum Gasteiger partial charge on any atom is -0.508 e. The number of tetrazole rings is 1. The van der Waals surface area contributed by atoms with Gasteiger partial charge in [0.25, 0.3) is 11.7 Å². The summed E-state index contributed by atoms with van der Waals surface area (Å²) in [4.78, 5) is 43.6. The number of aromatic nitrogens is 7. The zero-order valence-corrected chi connectivity index (χ0v) is 31.2. The van der Waals surface area contributed by atoms with Gasteiger partial charge >= 0.3 is 6.18 Å². The second-order valence-electron chi connectivity index (χ2n) is 13.4. The Bertz CT molecular complexity index is 2280. The highest BCUT2D eigenvalue weighted by Crippen LogP contribution is 2.31. The maximum atomic E-state index is 14.1. The lowest BCUT2D eigenvalue weighted by Gasteiger charge is -2.15. The number of carbonyl (C=O) groups excluding carboxylic acids is 3. The van der Waals surface area contributed by atoms with E-state index < -0.39 is 23.6 Å². The first-order valence-corrected chi connectivity index (χ1v) is 18.7. The number of aromatic amines is 1. The second kappa shape index (κ2) is 18.4. The van der Waals surface area contributed by atoms with Crippen LogP contribution < -0.4 is 10.6 Å². The zero-order valence-electron chi connectivity index (χ0n) is 31.2. The number of phenolic OH excluding ortho intramolecular Hbond substituents is 1. The van der Waals surface area contributed by atoms with E-state index in [1.807, 2.05) is 55.5 Å². The Morgan fingerprint density at radius 3 is 2.26 bits per heavy atom. The molecule has 0 saturated carbocycles. The summed E-state index contributed by atoms with van der Waals surface area (Å²) < 4.78 is 43.7. The van der Waals surface area contributed by atoms with Gasteiger partial charge in [-0.05, 0) is 77.4 Å². The van der Waals surface area contributed by atoms with Gasteiger partial charge in [0.1, 0.15) is 11.6 Å². The van der Waals surface area contributed by atoms with Crippen LogP contribution in [0.1, 0.15) is 77.0 Å². The van der Waals surface area contributed by atoms with Gasteiger partial charge in [0.15, 0.2) is 11.5 Å². The third-order valence-corrected chi connectivity index (χ3v) is 9.34. The lowest BCUT2D eigenvalue weighted by Crippen LogP contribution is -2.30. The van der Waals surface area contributed by atoms with Gasteiger partial charge in [-0.15, -0.1) is 10.2 Å². The number of imidazole rings is 1. The summed E-state index contributed by atoms with van der Waals surface area (Å²) in [6.45, 7) is 2.80. The maximum absolute atomic E-state index is 14.1. The van der Waals surface area contributed by atoms with Gasteiger partial charge in [0, 0.05) is 44.2 Å². The number of rotatable bonds is 18. The summed E-state index contributed by atoms with van der Waals surface area (Å²) in [5.41, 5.74) is 3.69. The molecule has 0 aliphatic heterocycles. The monoisotopic (exact) mass is 781 g/mol. The fourth-order valence-electron chi connectivity index (χ4n) is 6.51. The van der Waals surface area contributed by atoms with E-state index in [1.165, 1.54) is 12.3 Å². The molecule has 13 nitrogen and oxygen atoms in total. The lowest BCUT2D eigenvalue weighted by molar-refractivity contribution is -0.121. The summed E-state index contributed by atoms with van der Waals surface area (Å²) in [5.74, 6) is -1.68. The van der Waals surface area contributed by atoms with Crippen LogP contribution in [0.25, 0.3) is 28.3 Å². The molecular weight excluding hydrogens is 740 g/mol. The third kappa shape index (κ3) is 10.00. The molecule has 0 bridgehead atoms. The molecule has 0 unspecified atom stereocenters. The Balaban J connectivity index is 1.18. The number of Topliss-reactive ketones (excluding diaryl/α,β-unsaturated/α-hetero) is 1. The van der Waals surface area contributed by atoms with Crippen LogP contribution in [0.2, 0.25) is 0 Å². The largest absolute Gasteiger partial charge is 0.508 e. The van der Waals surface area contributed by atoms with Crippen molar-refractivity contribution in [2.24, 2.45) is 0 Å². The van der Waals surface area contributed by atoms with Gasteiger partial charge in [0.05, 0.1) is 5.69 Å². The van der Waals surface area contributed by atoms with Crippen molar-refractivity contribution in [3.05, 3.63) is 119 Å². The first-order chi connectivity index (χ1) is 27.5. The van der Waals surface area contributed by atoms with Crippen molar-refractivity contribution in [2.45, 2.75) is 64.6 Å². The first kappa shape index (κ1) is 40.1. The number of hydrogen-bond acceptors (Lipinski definition) is 8. The lowest BCUT2D eigenvalue weighted by atomic mass is 9.98. The summed E-state index contributed by atoms with van der Waals surface area (Å²) in [6.07, 6.45) is -0.0722. The number of hydrogen-bond donors (Lipinski definition) is 4. The summed E-state index contributed by atoms with van der Waals surface area (Å²) in [5, 5.41) is 29.6. The Kier molecular flexibility index (Phi) is 12.9. The third-order valence-electron chi connectivity index (χ3n) is 9.34. The van der Waals surface area contributed by atoms with E-state index in [1.54, 1.807) is 28.8 Å². The van der Waals surface area contributed by atoms with E-state index >= 15 is 0 Å². The Hall–Kier alpha value is -6.58. The molecule has 6 rings (SSSR count). The van der Waals surface area contributed by atoms with Crippen LogP contribution >= 0.6 is 0 Å². The van der Waals surface area contributed by atoms with E-state index in [2.05, 4.69) is 36.2 Å². The molecule has 0 saturated heterocycles. The summed E-state index contributed by atoms with van der Waals surface area (Å²) in [6, 6.07) is 24.4. The second-order valence-corrected chi connectivity index (χ2v) is 13.4. The maximum Gasteiger partial charge on any atom is 0.456 e. The Morgan fingerprint density at radius 2 is 1.56 bits per heavy atom. The van der Waals surface area contributed by atoms with Crippen LogP contribution in [-0.4, -0.2) is 76.7 Å².